The Morgan fingerprint density at radius 3 is 2.83 bits per heavy atom. The molecule has 2 heteroatoms. The first kappa shape index (κ1) is 13.3. The maximum Gasteiger partial charge on any atom is 0.0542 e. The molecule has 2 rings (SSSR count). The second kappa shape index (κ2) is 6.69. The number of nitrogens with zero attached hydrogens (tertiary/aromatic N) is 1. The molecule has 1 aliphatic rings. The molecule has 1 aliphatic carbocycles. The van der Waals surface area contributed by atoms with E-state index in [0.717, 1.165) is 18.7 Å². The summed E-state index contributed by atoms with van der Waals surface area (Å²) in [7, 11) is 0. The summed E-state index contributed by atoms with van der Waals surface area (Å²) in [5, 5.41) is 3.58. The second-order valence-corrected chi connectivity index (χ2v) is 5.14. The molecule has 98 valence electrons. The quantitative estimate of drug-likeness (QED) is 0.800. The highest BCUT2D eigenvalue weighted by Gasteiger charge is 2.10. The van der Waals surface area contributed by atoms with E-state index < -0.39 is 0 Å². The van der Waals surface area contributed by atoms with Crippen molar-refractivity contribution in [3.63, 3.8) is 0 Å². The number of hydrogen-bond donors (Lipinski definition) is 1. The van der Waals surface area contributed by atoms with E-state index in [1.807, 2.05) is 6.20 Å². The van der Waals surface area contributed by atoms with Gasteiger partial charge < -0.3 is 5.32 Å². The van der Waals surface area contributed by atoms with Crippen molar-refractivity contribution in [3.8, 4) is 0 Å². The fraction of sp³-hybridized carbons (Fsp3) is 0.562. The number of pyridine rings is 1. The fourth-order valence-electron chi connectivity index (χ4n) is 2.41. The smallest absolute Gasteiger partial charge is 0.0542 e. The van der Waals surface area contributed by atoms with E-state index in [1.54, 1.807) is 5.57 Å². The SMILES string of the molecule is CCc1ccc(CNC(C)C2=CCCCC2)nc1. The van der Waals surface area contributed by atoms with E-state index in [1.165, 1.54) is 31.2 Å². The molecule has 0 aromatic carbocycles. The average Bonchev–Trinajstić information content (AvgIpc) is 2.46. The van der Waals surface area contributed by atoms with Gasteiger partial charge in [0.1, 0.15) is 0 Å². The van der Waals surface area contributed by atoms with Gasteiger partial charge in [0.25, 0.3) is 0 Å². The van der Waals surface area contributed by atoms with Gasteiger partial charge in [-0.25, -0.2) is 0 Å². The summed E-state index contributed by atoms with van der Waals surface area (Å²) in [5.74, 6) is 0. The zero-order valence-electron chi connectivity index (χ0n) is 11.6. The Morgan fingerprint density at radius 2 is 2.22 bits per heavy atom. The van der Waals surface area contributed by atoms with Crippen LogP contribution in [-0.2, 0) is 13.0 Å². The van der Waals surface area contributed by atoms with E-state index in [9.17, 15) is 0 Å². The maximum atomic E-state index is 4.48. The predicted octanol–water partition coefficient (Wildman–Crippen LogP) is 3.62. The highest BCUT2D eigenvalue weighted by molar-refractivity contribution is 5.15. The lowest BCUT2D eigenvalue weighted by molar-refractivity contribution is 0.555. The van der Waals surface area contributed by atoms with Crippen LogP contribution in [0, 0.1) is 0 Å². The fourth-order valence-corrected chi connectivity index (χ4v) is 2.41. The van der Waals surface area contributed by atoms with Crippen molar-refractivity contribution in [2.24, 2.45) is 0 Å². The van der Waals surface area contributed by atoms with Crippen LogP contribution >= 0.6 is 0 Å². The summed E-state index contributed by atoms with van der Waals surface area (Å²) < 4.78 is 0. The molecule has 18 heavy (non-hydrogen) atoms. The van der Waals surface area contributed by atoms with Crippen LogP contribution < -0.4 is 5.32 Å². The largest absolute Gasteiger partial charge is 0.305 e. The van der Waals surface area contributed by atoms with Gasteiger partial charge in [-0.15, -0.1) is 0 Å². The van der Waals surface area contributed by atoms with Crippen LogP contribution in [0.15, 0.2) is 30.0 Å². The lowest BCUT2D eigenvalue weighted by atomic mass is 9.95. The Hall–Kier alpha value is -1.15. The molecule has 0 amide bonds. The van der Waals surface area contributed by atoms with Crippen LogP contribution in [-0.4, -0.2) is 11.0 Å². The summed E-state index contributed by atoms with van der Waals surface area (Å²) in [5.41, 5.74) is 4.02. The molecular weight excluding hydrogens is 220 g/mol. The molecular formula is C16H24N2. The van der Waals surface area contributed by atoms with Gasteiger partial charge in [-0.1, -0.05) is 24.6 Å². The average molecular weight is 244 g/mol. The van der Waals surface area contributed by atoms with E-state index in [2.05, 4.69) is 42.4 Å². The number of nitrogens with one attached hydrogen (secondary N) is 1. The number of allylic oxidation sites excluding steroid dienone is 1. The molecule has 2 nitrogen and oxygen atoms in total. The molecule has 0 spiro atoms. The molecule has 1 N–H and O–H groups in total. The molecule has 0 aliphatic heterocycles. The van der Waals surface area contributed by atoms with Crippen LogP contribution in [0.2, 0.25) is 0 Å². The highest BCUT2D eigenvalue weighted by Crippen LogP contribution is 2.20. The first-order chi connectivity index (χ1) is 8.79. The van der Waals surface area contributed by atoms with Gasteiger partial charge in [0.2, 0.25) is 0 Å². The Bertz CT molecular complexity index is 392. The third-order valence-electron chi connectivity index (χ3n) is 3.77. The Labute approximate surface area is 111 Å². The lowest BCUT2D eigenvalue weighted by Gasteiger charge is -2.20. The highest BCUT2D eigenvalue weighted by atomic mass is 14.9. The zero-order valence-corrected chi connectivity index (χ0v) is 11.6. The summed E-state index contributed by atoms with van der Waals surface area (Å²) in [6.45, 7) is 5.28. The first-order valence-corrected chi connectivity index (χ1v) is 7.15. The summed E-state index contributed by atoms with van der Waals surface area (Å²) >= 11 is 0. The third kappa shape index (κ3) is 3.67. The van der Waals surface area contributed by atoms with Crippen LogP contribution in [0.4, 0.5) is 0 Å². The molecule has 1 heterocycles. The van der Waals surface area contributed by atoms with Crippen molar-refractivity contribution in [1.82, 2.24) is 10.3 Å². The molecule has 0 fully saturated rings. The molecule has 0 bridgehead atoms. The van der Waals surface area contributed by atoms with Crippen LogP contribution in [0.5, 0.6) is 0 Å². The third-order valence-corrected chi connectivity index (χ3v) is 3.77. The van der Waals surface area contributed by atoms with Gasteiger partial charge in [0.05, 0.1) is 5.69 Å². The monoisotopic (exact) mass is 244 g/mol. The Morgan fingerprint density at radius 1 is 1.33 bits per heavy atom. The molecule has 1 aromatic rings. The normalized spacial score (nSPS) is 17.3. The van der Waals surface area contributed by atoms with Crippen LogP contribution in [0.3, 0.4) is 0 Å². The van der Waals surface area contributed by atoms with Gasteiger partial charge in [-0.3, -0.25) is 4.98 Å². The number of aromatic nitrogens is 1. The summed E-state index contributed by atoms with van der Waals surface area (Å²) in [4.78, 5) is 4.48. The first-order valence-electron chi connectivity index (χ1n) is 7.15. The minimum Gasteiger partial charge on any atom is -0.305 e. The molecule has 0 radical (unpaired) electrons. The van der Waals surface area contributed by atoms with Gasteiger partial charge >= 0.3 is 0 Å². The van der Waals surface area contributed by atoms with E-state index in [-0.39, 0.29) is 0 Å². The minimum atomic E-state index is 0.484. The Balaban J connectivity index is 1.84. The van der Waals surface area contributed by atoms with E-state index in [4.69, 9.17) is 0 Å². The predicted molar refractivity (Wildman–Crippen MR) is 76.5 cm³/mol. The van der Waals surface area contributed by atoms with Crippen LogP contribution in [0.25, 0.3) is 0 Å². The van der Waals surface area contributed by atoms with E-state index >= 15 is 0 Å². The standard InChI is InChI=1S/C16H24N2/c1-3-14-9-10-16(18-11-14)12-17-13(2)15-7-5-4-6-8-15/h7,9-11,13,17H,3-6,8,12H2,1-2H3. The van der Waals surface area contributed by atoms with Crippen molar-refractivity contribution >= 4 is 0 Å². The Kier molecular flexibility index (Phi) is 4.94. The van der Waals surface area contributed by atoms with Gasteiger partial charge in [-0.05, 0) is 50.7 Å². The number of aryl methyl sites for hydroxylation is 1. The van der Waals surface area contributed by atoms with Gasteiger partial charge in [0.15, 0.2) is 0 Å². The summed E-state index contributed by atoms with van der Waals surface area (Å²) in [6, 6.07) is 4.79. The molecule has 1 aromatic heterocycles. The molecule has 1 unspecified atom stereocenters. The van der Waals surface area contributed by atoms with Crippen molar-refractivity contribution in [2.75, 3.05) is 0 Å². The zero-order chi connectivity index (χ0) is 12.8. The van der Waals surface area contributed by atoms with Crippen molar-refractivity contribution < 1.29 is 0 Å². The van der Waals surface area contributed by atoms with E-state index in [0.29, 0.717) is 6.04 Å². The van der Waals surface area contributed by atoms with Crippen molar-refractivity contribution in [3.05, 3.63) is 41.2 Å². The molecule has 1 atom stereocenters. The van der Waals surface area contributed by atoms with Gasteiger partial charge in [-0.2, -0.15) is 0 Å². The number of hydrogen-bond acceptors (Lipinski definition) is 2. The molecule has 0 saturated carbocycles. The number of rotatable bonds is 5. The maximum absolute atomic E-state index is 4.48. The van der Waals surface area contributed by atoms with Crippen LogP contribution in [0.1, 0.15) is 50.8 Å². The van der Waals surface area contributed by atoms with Crippen molar-refractivity contribution in [1.29, 1.82) is 0 Å². The topological polar surface area (TPSA) is 24.9 Å². The molecule has 0 saturated heterocycles. The second-order valence-electron chi connectivity index (χ2n) is 5.14. The lowest BCUT2D eigenvalue weighted by Crippen LogP contribution is -2.28. The van der Waals surface area contributed by atoms with Gasteiger partial charge in [0, 0.05) is 18.8 Å². The minimum absolute atomic E-state index is 0.484. The summed E-state index contributed by atoms with van der Waals surface area (Å²) in [6.07, 6.45) is 10.7. The van der Waals surface area contributed by atoms with Crippen molar-refractivity contribution in [2.45, 2.75) is 58.5 Å².